The standard InChI is InChI=1S/C11H8BrNO3/c12-7-2-1-3-8-9(7)16-10(13-8)5-4-6(5)11(14)15/h1-3,5-6H,4H2,(H,14,15). The zero-order valence-electron chi connectivity index (χ0n) is 8.18. The molecule has 2 unspecified atom stereocenters. The van der Waals surface area contributed by atoms with Gasteiger partial charge in [-0.15, -0.1) is 0 Å². The molecule has 1 aromatic heterocycles. The third-order valence-electron chi connectivity index (χ3n) is 2.81. The number of hydrogen-bond acceptors (Lipinski definition) is 3. The summed E-state index contributed by atoms with van der Waals surface area (Å²) in [7, 11) is 0. The summed E-state index contributed by atoms with van der Waals surface area (Å²) in [5.41, 5.74) is 1.45. The van der Waals surface area contributed by atoms with Gasteiger partial charge >= 0.3 is 5.97 Å². The number of nitrogens with zero attached hydrogens (tertiary/aromatic N) is 1. The van der Waals surface area contributed by atoms with Gasteiger partial charge in [0.25, 0.3) is 0 Å². The van der Waals surface area contributed by atoms with Crippen molar-refractivity contribution in [1.82, 2.24) is 4.98 Å². The van der Waals surface area contributed by atoms with Gasteiger partial charge in [0.2, 0.25) is 0 Å². The van der Waals surface area contributed by atoms with E-state index in [1.807, 2.05) is 18.2 Å². The fraction of sp³-hybridized carbons (Fsp3) is 0.273. The molecule has 1 aromatic carbocycles. The van der Waals surface area contributed by atoms with Crippen LogP contribution in [0.5, 0.6) is 0 Å². The fourth-order valence-electron chi connectivity index (χ4n) is 1.83. The Morgan fingerprint density at radius 1 is 1.56 bits per heavy atom. The van der Waals surface area contributed by atoms with Gasteiger partial charge in [-0.2, -0.15) is 0 Å². The Morgan fingerprint density at radius 2 is 2.38 bits per heavy atom. The first-order chi connectivity index (χ1) is 7.66. The van der Waals surface area contributed by atoms with Gasteiger partial charge < -0.3 is 9.52 Å². The molecular formula is C11H8BrNO3. The van der Waals surface area contributed by atoms with Crippen molar-refractivity contribution in [2.75, 3.05) is 0 Å². The maximum atomic E-state index is 10.7. The molecule has 1 aliphatic rings. The van der Waals surface area contributed by atoms with Crippen LogP contribution >= 0.6 is 15.9 Å². The Balaban J connectivity index is 2.01. The van der Waals surface area contributed by atoms with Gasteiger partial charge in [0.15, 0.2) is 11.5 Å². The van der Waals surface area contributed by atoms with Gasteiger partial charge in [0.1, 0.15) is 5.52 Å². The third-order valence-corrected chi connectivity index (χ3v) is 3.43. The molecule has 82 valence electrons. The number of carboxylic acids is 1. The van der Waals surface area contributed by atoms with E-state index < -0.39 is 5.97 Å². The van der Waals surface area contributed by atoms with Crippen LogP contribution in [-0.4, -0.2) is 16.1 Å². The SMILES string of the molecule is O=C(O)C1CC1c1nc2cccc(Br)c2o1. The van der Waals surface area contributed by atoms with E-state index in [-0.39, 0.29) is 11.8 Å². The number of halogens is 1. The van der Waals surface area contributed by atoms with Gasteiger partial charge in [0, 0.05) is 5.92 Å². The number of para-hydroxylation sites is 1. The topological polar surface area (TPSA) is 63.3 Å². The van der Waals surface area contributed by atoms with Crippen molar-refractivity contribution in [3.63, 3.8) is 0 Å². The maximum absolute atomic E-state index is 10.7. The number of fused-ring (bicyclic) bond motifs is 1. The van der Waals surface area contributed by atoms with E-state index in [0.717, 1.165) is 9.99 Å². The maximum Gasteiger partial charge on any atom is 0.307 e. The van der Waals surface area contributed by atoms with Crippen molar-refractivity contribution in [2.45, 2.75) is 12.3 Å². The average Bonchev–Trinajstić information content (AvgIpc) is 2.92. The van der Waals surface area contributed by atoms with Crippen molar-refractivity contribution in [1.29, 1.82) is 0 Å². The van der Waals surface area contributed by atoms with Crippen LogP contribution in [0.4, 0.5) is 0 Å². The van der Waals surface area contributed by atoms with Crippen molar-refractivity contribution in [3.05, 3.63) is 28.6 Å². The molecular weight excluding hydrogens is 274 g/mol. The molecule has 0 bridgehead atoms. The van der Waals surface area contributed by atoms with E-state index in [9.17, 15) is 4.79 Å². The van der Waals surface area contributed by atoms with Crippen LogP contribution in [-0.2, 0) is 4.79 Å². The first-order valence-electron chi connectivity index (χ1n) is 4.94. The smallest absolute Gasteiger partial charge is 0.307 e. The van der Waals surface area contributed by atoms with Crippen LogP contribution in [0.2, 0.25) is 0 Å². The Morgan fingerprint density at radius 3 is 3.00 bits per heavy atom. The summed E-state index contributed by atoms with van der Waals surface area (Å²) in [4.78, 5) is 15.1. The van der Waals surface area contributed by atoms with E-state index >= 15 is 0 Å². The molecule has 1 heterocycles. The summed E-state index contributed by atoms with van der Waals surface area (Å²) in [5, 5.41) is 8.84. The van der Waals surface area contributed by atoms with Crippen LogP contribution in [0.15, 0.2) is 27.1 Å². The zero-order valence-corrected chi connectivity index (χ0v) is 9.77. The lowest BCUT2D eigenvalue weighted by Crippen LogP contribution is -1.98. The van der Waals surface area contributed by atoms with E-state index in [4.69, 9.17) is 9.52 Å². The molecule has 0 amide bonds. The quantitative estimate of drug-likeness (QED) is 0.919. The summed E-state index contributed by atoms with van der Waals surface area (Å²) in [5.74, 6) is -0.621. The number of aliphatic carboxylic acids is 1. The Bertz CT molecular complexity index is 578. The van der Waals surface area contributed by atoms with Crippen LogP contribution in [0, 0.1) is 5.92 Å². The predicted octanol–water partition coefficient (Wildman–Crippen LogP) is 2.78. The molecule has 4 nitrogen and oxygen atoms in total. The van der Waals surface area contributed by atoms with Gasteiger partial charge in [-0.25, -0.2) is 4.98 Å². The summed E-state index contributed by atoms with van der Waals surface area (Å²) in [6.07, 6.45) is 0.625. The highest BCUT2D eigenvalue weighted by atomic mass is 79.9. The summed E-state index contributed by atoms with van der Waals surface area (Å²) < 4.78 is 6.43. The van der Waals surface area contributed by atoms with Crippen molar-refractivity contribution in [2.24, 2.45) is 5.92 Å². The number of aromatic nitrogens is 1. The molecule has 5 heteroatoms. The predicted molar refractivity (Wildman–Crippen MR) is 60.2 cm³/mol. The summed E-state index contributed by atoms with van der Waals surface area (Å²) in [6.45, 7) is 0. The van der Waals surface area contributed by atoms with E-state index in [0.29, 0.717) is 17.9 Å². The summed E-state index contributed by atoms with van der Waals surface area (Å²) in [6, 6.07) is 5.60. The normalized spacial score (nSPS) is 23.6. The largest absolute Gasteiger partial charge is 0.481 e. The minimum absolute atomic E-state index is 0.0585. The average molecular weight is 282 g/mol. The lowest BCUT2D eigenvalue weighted by atomic mass is 10.3. The number of carbonyl (C=O) groups is 1. The molecule has 0 saturated heterocycles. The Labute approximate surface area is 99.4 Å². The molecule has 1 aliphatic carbocycles. The van der Waals surface area contributed by atoms with E-state index in [1.54, 1.807) is 0 Å². The lowest BCUT2D eigenvalue weighted by Gasteiger charge is -1.89. The number of oxazole rings is 1. The number of hydrogen-bond donors (Lipinski definition) is 1. The monoisotopic (exact) mass is 281 g/mol. The van der Waals surface area contributed by atoms with Gasteiger partial charge in [-0.05, 0) is 34.5 Å². The molecule has 0 spiro atoms. The van der Waals surface area contributed by atoms with Crippen molar-refractivity contribution < 1.29 is 14.3 Å². The van der Waals surface area contributed by atoms with Gasteiger partial charge in [0.05, 0.1) is 10.4 Å². The molecule has 2 atom stereocenters. The fourth-order valence-corrected chi connectivity index (χ4v) is 2.27. The molecule has 16 heavy (non-hydrogen) atoms. The zero-order chi connectivity index (χ0) is 11.3. The Hall–Kier alpha value is -1.36. The minimum Gasteiger partial charge on any atom is -0.481 e. The van der Waals surface area contributed by atoms with Crippen molar-refractivity contribution >= 4 is 33.0 Å². The molecule has 3 rings (SSSR count). The van der Waals surface area contributed by atoms with Crippen LogP contribution in [0.25, 0.3) is 11.1 Å². The number of carboxylic acid groups (broad SMARTS) is 1. The molecule has 0 aliphatic heterocycles. The highest BCUT2D eigenvalue weighted by molar-refractivity contribution is 9.10. The van der Waals surface area contributed by atoms with Gasteiger partial charge in [-0.3, -0.25) is 4.79 Å². The summed E-state index contributed by atoms with van der Waals surface area (Å²) >= 11 is 3.37. The number of benzene rings is 1. The van der Waals surface area contributed by atoms with E-state index in [1.165, 1.54) is 0 Å². The number of rotatable bonds is 2. The molecule has 1 saturated carbocycles. The highest BCUT2D eigenvalue weighted by Crippen LogP contribution is 2.48. The second-order valence-electron chi connectivity index (χ2n) is 3.93. The molecule has 2 aromatic rings. The Kier molecular flexibility index (Phi) is 2.04. The highest BCUT2D eigenvalue weighted by Gasteiger charge is 2.47. The van der Waals surface area contributed by atoms with Crippen molar-refractivity contribution in [3.8, 4) is 0 Å². The lowest BCUT2D eigenvalue weighted by molar-refractivity contribution is -0.138. The first-order valence-corrected chi connectivity index (χ1v) is 5.74. The van der Waals surface area contributed by atoms with Crippen LogP contribution in [0.3, 0.4) is 0 Å². The minimum atomic E-state index is -0.772. The van der Waals surface area contributed by atoms with Gasteiger partial charge in [-0.1, -0.05) is 6.07 Å². The molecule has 0 radical (unpaired) electrons. The second-order valence-corrected chi connectivity index (χ2v) is 4.78. The van der Waals surface area contributed by atoms with Crippen LogP contribution < -0.4 is 0 Å². The molecule has 1 fully saturated rings. The van der Waals surface area contributed by atoms with Crippen LogP contribution in [0.1, 0.15) is 18.2 Å². The second kappa shape index (κ2) is 3.31. The molecule has 1 N–H and O–H groups in total. The third kappa shape index (κ3) is 1.43. The van der Waals surface area contributed by atoms with E-state index in [2.05, 4.69) is 20.9 Å². The first kappa shape index (κ1) is 9.84.